The molecule has 0 radical (unpaired) electrons. The summed E-state index contributed by atoms with van der Waals surface area (Å²) < 4.78 is 37.2. The molecule has 0 bridgehead atoms. The van der Waals surface area contributed by atoms with E-state index in [1.807, 2.05) is 0 Å². The molecule has 3 N–H and O–H groups in total. The van der Waals surface area contributed by atoms with E-state index in [0.29, 0.717) is 6.61 Å². The van der Waals surface area contributed by atoms with Crippen LogP contribution in [-0.2, 0) is 19.9 Å². The van der Waals surface area contributed by atoms with E-state index in [1.165, 1.54) is 6.08 Å². The molecule has 0 atom stereocenters. The summed E-state index contributed by atoms with van der Waals surface area (Å²) in [6.07, 6.45) is 2.12. The predicted molar refractivity (Wildman–Crippen MR) is 69.0 cm³/mol. The van der Waals surface area contributed by atoms with Crippen LogP contribution < -0.4 is 0 Å². The first-order chi connectivity index (χ1) is 8.37. The smallest absolute Gasteiger partial charge is 0.394 e. The number of esters is 1. The van der Waals surface area contributed by atoms with Crippen LogP contribution >= 0.6 is 0 Å². The zero-order chi connectivity index (χ0) is 15.7. The molecule has 0 heterocycles. The lowest BCUT2D eigenvalue weighted by molar-refractivity contribution is -0.870. The lowest BCUT2D eigenvalue weighted by Gasteiger charge is -2.23. The molecule has 9 heteroatoms. The summed E-state index contributed by atoms with van der Waals surface area (Å²) in [6.45, 7) is 2.87. The molecule has 0 amide bonds. The minimum absolute atomic E-state index is 0.324. The van der Waals surface area contributed by atoms with Gasteiger partial charge < -0.3 is 14.3 Å². The highest BCUT2D eigenvalue weighted by Gasteiger charge is 2.09. The van der Waals surface area contributed by atoms with Gasteiger partial charge in [0.1, 0.15) is 0 Å². The molecule has 0 spiro atoms. The molecule has 0 aliphatic rings. The molecular formula is C10H22NO7S+. The highest BCUT2D eigenvalue weighted by atomic mass is 32.3. The second-order valence-electron chi connectivity index (χ2n) is 4.63. The molecule has 0 aliphatic heterocycles. The van der Waals surface area contributed by atoms with Crippen molar-refractivity contribution in [1.29, 1.82) is 0 Å². The molecule has 0 aromatic heterocycles. The molecule has 19 heavy (non-hydrogen) atoms. The van der Waals surface area contributed by atoms with Gasteiger partial charge in [-0.15, -0.1) is 0 Å². The van der Waals surface area contributed by atoms with Gasteiger partial charge >= 0.3 is 16.4 Å². The minimum atomic E-state index is -4.67. The van der Waals surface area contributed by atoms with E-state index in [1.54, 1.807) is 6.92 Å². The number of rotatable bonds is 5. The van der Waals surface area contributed by atoms with Gasteiger partial charge in [0, 0.05) is 6.42 Å². The Morgan fingerprint density at radius 2 is 1.68 bits per heavy atom. The van der Waals surface area contributed by atoms with Gasteiger partial charge in [-0.3, -0.25) is 9.11 Å². The highest BCUT2D eigenvalue weighted by molar-refractivity contribution is 7.79. The van der Waals surface area contributed by atoms with Crippen molar-refractivity contribution in [3.05, 3.63) is 11.8 Å². The van der Waals surface area contributed by atoms with Crippen molar-refractivity contribution in [3.8, 4) is 0 Å². The van der Waals surface area contributed by atoms with E-state index >= 15 is 0 Å². The number of ether oxygens (including phenoxy) is 1. The summed E-state index contributed by atoms with van der Waals surface area (Å²) in [5.74, 6) is -0.968. The van der Waals surface area contributed by atoms with Crippen molar-refractivity contribution in [2.24, 2.45) is 0 Å². The van der Waals surface area contributed by atoms with Gasteiger partial charge in [-0.25, -0.2) is 4.79 Å². The van der Waals surface area contributed by atoms with E-state index in [2.05, 4.69) is 21.1 Å². The Morgan fingerprint density at radius 3 is 2.00 bits per heavy atom. The molecule has 8 nitrogen and oxygen atoms in total. The number of quaternary nitrogens is 1. The van der Waals surface area contributed by atoms with Crippen molar-refractivity contribution in [1.82, 2.24) is 0 Å². The van der Waals surface area contributed by atoms with E-state index < -0.39 is 16.4 Å². The first-order valence-corrected chi connectivity index (χ1v) is 6.79. The quantitative estimate of drug-likeness (QED) is 0.168. The van der Waals surface area contributed by atoms with Crippen LogP contribution in [-0.4, -0.2) is 67.4 Å². The average molecular weight is 300 g/mol. The van der Waals surface area contributed by atoms with Gasteiger partial charge in [0.15, 0.2) is 5.76 Å². The maximum absolute atomic E-state index is 11.0. The molecule has 0 fully saturated rings. The minimum Gasteiger partial charge on any atom is -0.502 e. The largest absolute Gasteiger partial charge is 0.502 e. The molecule has 0 aromatic rings. The van der Waals surface area contributed by atoms with E-state index in [9.17, 15) is 4.79 Å². The number of hydrogen-bond donors (Lipinski definition) is 3. The Labute approximate surface area is 113 Å². The lowest BCUT2D eigenvalue weighted by Crippen LogP contribution is -2.35. The summed E-state index contributed by atoms with van der Waals surface area (Å²) in [4.78, 5) is 11.0. The van der Waals surface area contributed by atoms with E-state index in [4.69, 9.17) is 27.4 Å². The number of hydrogen-bond acceptors (Lipinski definition) is 5. The molecule has 114 valence electrons. The van der Waals surface area contributed by atoms with Gasteiger partial charge in [-0.1, -0.05) is 0 Å². The average Bonchev–Trinajstić information content (AvgIpc) is 2.19. The van der Waals surface area contributed by atoms with Crippen LogP contribution in [0, 0.1) is 0 Å². The normalized spacial score (nSPS) is 12.4. The van der Waals surface area contributed by atoms with Gasteiger partial charge in [0.05, 0.1) is 34.3 Å². The van der Waals surface area contributed by atoms with Gasteiger partial charge in [-0.2, -0.15) is 8.42 Å². The first-order valence-electron chi connectivity index (χ1n) is 5.39. The summed E-state index contributed by atoms with van der Waals surface area (Å²) in [5.41, 5.74) is 0. The second kappa shape index (κ2) is 8.86. The second-order valence-corrected chi connectivity index (χ2v) is 5.52. The SMILES string of the molecule is CC=C(O)C(=O)OCCC[N+](C)(C)C.O=S(=O)(O)O. The van der Waals surface area contributed by atoms with Crippen molar-refractivity contribution < 1.29 is 36.6 Å². The van der Waals surface area contributed by atoms with Crippen LogP contribution in [0.2, 0.25) is 0 Å². The number of nitrogens with zero attached hydrogens (tertiary/aromatic N) is 1. The third kappa shape index (κ3) is 22.5. The zero-order valence-corrected chi connectivity index (χ0v) is 12.3. The molecule has 0 saturated carbocycles. The molecule has 0 rings (SSSR count). The topological polar surface area (TPSA) is 121 Å². The number of allylic oxidation sites excluding steroid dienone is 1. The maximum Gasteiger partial charge on any atom is 0.394 e. The molecule has 0 aromatic carbocycles. The Kier molecular flexibility index (Phi) is 9.40. The fourth-order valence-electron chi connectivity index (χ4n) is 0.896. The van der Waals surface area contributed by atoms with Crippen molar-refractivity contribution in [2.45, 2.75) is 13.3 Å². The Bertz CT molecular complexity index is 387. The van der Waals surface area contributed by atoms with Crippen molar-refractivity contribution in [3.63, 3.8) is 0 Å². The van der Waals surface area contributed by atoms with Gasteiger partial charge in [-0.05, 0) is 13.0 Å². The highest BCUT2D eigenvalue weighted by Crippen LogP contribution is 1.97. The van der Waals surface area contributed by atoms with Crippen LogP contribution in [0.25, 0.3) is 0 Å². The summed E-state index contributed by atoms with van der Waals surface area (Å²) >= 11 is 0. The Morgan fingerprint density at radius 1 is 1.26 bits per heavy atom. The zero-order valence-electron chi connectivity index (χ0n) is 11.5. The molecule has 0 aliphatic carbocycles. The summed E-state index contributed by atoms with van der Waals surface area (Å²) in [6, 6.07) is 0. The fraction of sp³-hybridized carbons (Fsp3) is 0.700. The third-order valence-corrected chi connectivity index (χ3v) is 1.69. The van der Waals surface area contributed by atoms with Crippen LogP contribution in [0.15, 0.2) is 11.8 Å². The van der Waals surface area contributed by atoms with Gasteiger partial charge in [0.2, 0.25) is 0 Å². The molecular weight excluding hydrogens is 278 g/mol. The summed E-state index contributed by atoms with van der Waals surface area (Å²) in [5, 5.41) is 8.97. The van der Waals surface area contributed by atoms with Crippen LogP contribution in [0.5, 0.6) is 0 Å². The van der Waals surface area contributed by atoms with Crippen molar-refractivity contribution >= 4 is 16.4 Å². The van der Waals surface area contributed by atoms with Crippen molar-refractivity contribution in [2.75, 3.05) is 34.3 Å². The number of carbonyl (C=O) groups is 1. The van der Waals surface area contributed by atoms with Crippen LogP contribution in [0.1, 0.15) is 13.3 Å². The third-order valence-electron chi connectivity index (χ3n) is 1.69. The predicted octanol–water partition coefficient (Wildman–Crippen LogP) is 0.435. The Hall–Kier alpha value is -1.16. The number of aliphatic hydroxyl groups is 1. The maximum atomic E-state index is 11.0. The standard InChI is InChI=1S/C10H19NO3.H2O4S/c1-5-9(12)10(13)14-8-6-7-11(2,3)4;1-5(2,3)4/h5H,6-8H2,1-4H3;(H2,1,2,3,4)/p+1. The fourth-order valence-corrected chi connectivity index (χ4v) is 0.896. The van der Waals surface area contributed by atoms with Crippen LogP contribution in [0.4, 0.5) is 0 Å². The van der Waals surface area contributed by atoms with Crippen LogP contribution in [0.3, 0.4) is 0 Å². The number of aliphatic hydroxyl groups excluding tert-OH is 1. The lowest BCUT2D eigenvalue weighted by atomic mass is 10.4. The number of carbonyl (C=O) groups excluding carboxylic acids is 1. The monoisotopic (exact) mass is 300 g/mol. The molecule has 0 saturated heterocycles. The summed E-state index contributed by atoms with van der Waals surface area (Å²) in [7, 11) is 1.56. The Balaban J connectivity index is 0. The molecule has 0 unspecified atom stereocenters. The van der Waals surface area contributed by atoms with E-state index in [0.717, 1.165) is 17.4 Å². The first kappa shape index (κ1) is 20.2. The van der Waals surface area contributed by atoms with Gasteiger partial charge in [0.25, 0.3) is 0 Å². The van der Waals surface area contributed by atoms with E-state index in [-0.39, 0.29) is 5.76 Å².